The van der Waals surface area contributed by atoms with E-state index in [-0.39, 0.29) is 6.04 Å². The van der Waals surface area contributed by atoms with E-state index in [0.29, 0.717) is 28.8 Å². The lowest BCUT2D eigenvalue weighted by Gasteiger charge is -2.15. The van der Waals surface area contributed by atoms with Gasteiger partial charge in [-0.05, 0) is 48.7 Å². The van der Waals surface area contributed by atoms with E-state index in [1.807, 2.05) is 43.5 Å². The number of aromatic amines is 1. The molecule has 0 saturated carbocycles. The fourth-order valence-corrected chi connectivity index (χ4v) is 3.62. The number of halogens is 11. The summed E-state index contributed by atoms with van der Waals surface area (Å²) in [6.07, 6.45) is -11.2. The van der Waals surface area contributed by atoms with Gasteiger partial charge in [-0.2, -0.15) is 44.6 Å². The van der Waals surface area contributed by atoms with E-state index in [1.54, 1.807) is 12.3 Å². The van der Waals surface area contributed by atoms with Gasteiger partial charge in [-0.3, -0.25) is 10.1 Å². The minimum atomic E-state index is -5.08. The number of aliphatic carboxylic acids is 3. The van der Waals surface area contributed by atoms with Crippen LogP contribution in [0.25, 0.3) is 22.0 Å². The number of hydrogen-bond donors (Lipinski definition) is 5. The number of rotatable bonds is 6. The zero-order valence-corrected chi connectivity index (χ0v) is 26.3. The van der Waals surface area contributed by atoms with Crippen molar-refractivity contribution in [1.82, 2.24) is 15.2 Å². The molecule has 274 valence electrons. The Kier molecular flexibility index (Phi) is 15.8. The second-order valence-electron chi connectivity index (χ2n) is 9.39. The van der Waals surface area contributed by atoms with Crippen molar-refractivity contribution >= 4 is 52.0 Å². The molecule has 0 bridgehead atoms. The van der Waals surface area contributed by atoms with Gasteiger partial charge in [-0.25, -0.2) is 14.4 Å². The van der Waals surface area contributed by atoms with Crippen molar-refractivity contribution in [3.8, 4) is 16.9 Å². The highest BCUT2D eigenvalue weighted by molar-refractivity contribution is 6.42. The molecule has 4 rings (SSSR count). The van der Waals surface area contributed by atoms with Crippen LogP contribution in [0.4, 0.5) is 39.5 Å². The van der Waals surface area contributed by atoms with Gasteiger partial charge in [0.2, 0.25) is 0 Å². The first-order valence-electron chi connectivity index (χ1n) is 13.0. The second-order valence-corrected chi connectivity index (χ2v) is 10.2. The SMILES string of the molecule is Cc1[nH]nc2ccc(-c3cncc(OC[C@@H](N)Cc4cccc(Cl)c4Cl)c3)cc12.O=C(O)C(F)(F)F.O=C(O)C(F)(F)F.O=C(O)C(F)(F)F. The lowest BCUT2D eigenvalue weighted by Crippen LogP contribution is -2.30. The fourth-order valence-electron chi connectivity index (χ4n) is 3.22. The van der Waals surface area contributed by atoms with Crippen molar-refractivity contribution in [2.24, 2.45) is 5.73 Å². The Morgan fingerprint density at radius 3 is 1.86 bits per heavy atom. The monoisotopic (exact) mass is 768 g/mol. The van der Waals surface area contributed by atoms with Crippen LogP contribution in [0.1, 0.15) is 11.3 Å². The molecule has 0 fully saturated rings. The van der Waals surface area contributed by atoms with Gasteiger partial charge >= 0.3 is 36.4 Å². The molecule has 0 amide bonds. The number of aromatic nitrogens is 3. The minimum Gasteiger partial charge on any atom is -0.490 e. The molecule has 2 aromatic carbocycles. The molecule has 6 N–H and O–H groups in total. The van der Waals surface area contributed by atoms with Gasteiger partial charge < -0.3 is 25.8 Å². The zero-order valence-electron chi connectivity index (χ0n) is 24.8. The first-order chi connectivity index (χ1) is 22.8. The van der Waals surface area contributed by atoms with Crippen LogP contribution in [-0.4, -0.2) is 79.6 Å². The lowest BCUT2D eigenvalue weighted by atomic mass is 10.0. The Labute approximate surface area is 284 Å². The number of H-pyrrole nitrogens is 1. The number of ether oxygens (including phenoxy) is 1. The van der Waals surface area contributed by atoms with Crippen molar-refractivity contribution < 1.29 is 74.0 Å². The highest BCUT2D eigenvalue weighted by Gasteiger charge is 2.39. The van der Waals surface area contributed by atoms with Crippen LogP contribution >= 0.6 is 23.2 Å². The van der Waals surface area contributed by atoms with Crippen molar-refractivity contribution in [1.29, 1.82) is 0 Å². The molecule has 0 saturated heterocycles. The number of pyridine rings is 1. The van der Waals surface area contributed by atoms with Crippen LogP contribution in [0.2, 0.25) is 10.0 Å². The molecule has 4 aromatic rings. The lowest BCUT2D eigenvalue weighted by molar-refractivity contribution is -0.193. The van der Waals surface area contributed by atoms with Gasteiger partial charge in [-0.1, -0.05) is 41.4 Å². The Morgan fingerprint density at radius 1 is 0.840 bits per heavy atom. The van der Waals surface area contributed by atoms with Gasteiger partial charge in [0.1, 0.15) is 12.4 Å². The first-order valence-corrected chi connectivity index (χ1v) is 13.7. The van der Waals surface area contributed by atoms with Crippen molar-refractivity contribution in [3.63, 3.8) is 0 Å². The third-order valence-electron chi connectivity index (χ3n) is 5.50. The summed E-state index contributed by atoms with van der Waals surface area (Å²) in [7, 11) is 0. The van der Waals surface area contributed by atoms with Gasteiger partial charge in [0.25, 0.3) is 0 Å². The van der Waals surface area contributed by atoms with E-state index in [1.165, 1.54) is 0 Å². The summed E-state index contributed by atoms with van der Waals surface area (Å²) in [5.74, 6) is -7.60. The molecule has 1 atom stereocenters. The summed E-state index contributed by atoms with van der Waals surface area (Å²) in [5, 5.41) is 30.8. The Hall–Kier alpha value is -4.82. The topological polar surface area (TPSA) is 189 Å². The Morgan fingerprint density at radius 2 is 1.36 bits per heavy atom. The number of carboxylic acid groups (broad SMARTS) is 3. The molecule has 2 heterocycles. The number of fused-ring (bicyclic) bond motifs is 1. The van der Waals surface area contributed by atoms with Gasteiger partial charge in [-0.15, -0.1) is 0 Å². The average Bonchev–Trinajstić information content (AvgIpc) is 3.38. The maximum atomic E-state index is 10.6. The normalized spacial score (nSPS) is 11.9. The molecule has 50 heavy (non-hydrogen) atoms. The van der Waals surface area contributed by atoms with Crippen LogP contribution in [0, 0.1) is 6.92 Å². The van der Waals surface area contributed by atoms with Crippen LogP contribution in [0.5, 0.6) is 5.75 Å². The molecule has 22 heteroatoms. The predicted octanol–water partition coefficient (Wildman–Crippen LogP) is 7.09. The van der Waals surface area contributed by atoms with Crippen LogP contribution in [0.3, 0.4) is 0 Å². The predicted molar refractivity (Wildman–Crippen MR) is 159 cm³/mol. The summed E-state index contributed by atoms with van der Waals surface area (Å²) in [6, 6.07) is 13.4. The van der Waals surface area contributed by atoms with Crippen LogP contribution < -0.4 is 10.5 Å². The molecule has 0 aliphatic heterocycles. The molecule has 2 aromatic heterocycles. The summed E-state index contributed by atoms with van der Waals surface area (Å²) in [4.78, 5) is 31.0. The number of carboxylic acids is 3. The summed E-state index contributed by atoms with van der Waals surface area (Å²) >= 11 is 12.3. The molecule has 0 spiro atoms. The number of carbonyl (C=O) groups is 3. The highest BCUT2D eigenvalue weighted by Crippen LogP contribution is 2.28. The Bertz CT molecular complexity index is 1710. The zero-order chi connectivity index (χ0) is 38.6. The molecule has 0 radical (unpaired) electrons. The van der Waals surface area contributed by atoms with E-state index < -0.39 is 36.4 Å². The molecular weight excluding hydrogens is 746 g/mol. The van der Waals surface area contributed by atoms with Gasteiger partial charge in [0.05, 0.1) is 21.8 Å². The van der Waals surface area contributed by atoms with Gasteiger partial charge in [0, 0.05) is 28.9 Å². The van der Waals surface area contributed by atoms with Crippen molar-refractivity contribution in [3.05, 3.63) is 76.2 Å². The largest absolute Gasteiger partial charge is 0.490 e. The third kappa shape index (κ3) is 14.7. The molecular formula is C28H23Cl2F9N4O7. The molecule has 0 unspecified atom stereocenters. The molecule has 0 aliphatic rings. The maximum Gasteiger partial charge on any atom is 0.490 e. The van der Waals surface area contributed by atoms with Crippen molar-refractivity contribution in [2.75, 3.05) is 6.61 Å². The first kappa shape index (κ1) is 43.2. The fraction of sp³-hybridized carbons (Fsp3) is 0.250. The second kappa shape index (κ2) is 18.3. The molecule has 11 nitrogen and oxygen atoms in total. The number of nitrogens with one attached hydrogen (secondary N) is 1. The number of nitrogens with two attached hydrogens (primary N) is 1. The number of alkyl halides is 9. The number of hydrogen-bond acceptors (Lipinski definition) is 7. The number of nitrogens with zero attached hydrogens (tertiary/aromatic N) is 2. The highest BCUT2D eigenvalue weighted by atomic mass is 35.5. The minimum absolute atomic E-state index is 0.223. The quantitative estimate of drug-likeness (QED) is 0.127. The van der Waals surface area contributed by atoms with E-state index in [9.17, 15) is 39.5 Å². The van der Waals surface area contributed by atoms with E-state index in [0.717, 1.165) is 33.3 Å². The average molecular weight is 769 g/mol. The Balaban J connectivity index is 0.000000486. The van der Waals surface area contributed by atoms with Crippen LogP contribution in [0.15, 0.2) is 54.9 Å². The summed E-state index contributed by atoms with van der Waals surface area (Å²) in [5.41, 5.74) is 11.1. The van der Waals surface area contributed by atoms with E-state index >= 15 is 0 Å². The van der Waals surface area contributed by atoms with Crippen molar-refractivity contribution in [2.45, 2.75) is 37.9 Å². The van der Waals surface area contributed by atoms with E-state index in [2.05, 4.69) is 21.2 Å². The smallest absolute Gasteiger partial charge is 0.490 e. The summed E-state index contributed by atoms with van der Waals surface area (Å²) < 4.78 is 101. The number of aryl methyl sites for hydroxylation is 1. The molecule has 0 aliphatic carbocycles. The summed E-state index contributed by atoms with van der Waals surface area (Å²) in [6.45, 7) is 2.35. The van der Waals surface area contributed by atoms with Crippen LogP contribution in [-0.2, 0) is 20.8 Å². The van der Waals surface area contributed by atoms with Gasteiger partial charge in [0.15, 0.2) is 0 Å². The number of benzene rings is 2. The standard InChI is InChI=1S/C22H20Cl2N4O.3C2HF3O2/c1-13-19-9-14(5-6-21(19)28-27-13)16-8-18(11-26-10-16)29-12-17(25)7-15-3-2-4-20(23)22(15)24;3*3-2(4,5)1(6)7/h2-6,8-11,17H,7,12,25H2,1H3,(H,27,28);3*(H,6,7)/t17-;;;/m0.../s1. The maximum absolute atomic E-state index is 10.6. The van der Waals surface area contributed by atoms with E-state index in [4.69, 9.17) is 63.4 Å². The third-order valence-corrected chi connectivity index (χ3v) is 6.35.